The Morgan fingerprint density at radius 2 is 1.86 bits per heavy atom. The highest BCUT2D eigenvalue weighted by Gasteiger charge is 2.43. The van der Waals surface area contributed by atoms with Gasteiger partial charge in [-0.15, -0.1) is 0 Å². The van der Waals surface area contributed by atoms with Crippen LogP contribution in [-0.2, 0) is 15.3 Å². The molecule has 0 saturated carbocycles. The van der Waals surface area contributed by atoms with Crippen molar-refractivity contribution < 1.29 is 14.2 Å². The number of ether oxygens (including phenoxy) is 3. The molecular formula is C18H19ClO3. The first-order valence-corrected chi connectivity index (χ1v) is 7.59. The summed E-state index contributed by atoms with van der Waals surface area (Å²) in [5, 5.41) is 0.671. The number of fused-ring (bicyclic) bond motifs is 1. The lowest BCUT2D eigenvalue weighted by Crippen LogP contribution is -2.40. The highest BCUT2D eigenvalue weighted by molar-refractivity contribution is 6.30. The van der Waals surface area contributed by atoms with Gasteiger partial charge in [0.1, 0.15) is 5.75 Å². The average molecular weight is 319 g/mol. The van der Waals surface area contributed by atoms with Gasteiger partial charge in [0.25, 0.3) is 0 Å². The molecule has 2 unspecified atom stereocenters. The Balaban J connectivity index is 2.07. The molecule has 3 rings (SSSR count). The molecule has 0 amide bonds. The zero-order chi connectivity index (χ0) is 15.7. The fourth-order valence-corrected chi connectivity index (χ4v) is 3.06. The number of hydrogen-bond acceptors (Lipinski definition) is 3. The average Bonchev–Trinajstić information content (AvgIpc) is 2.54. The molecule has 2 aromatic rings. The minimum Gasteiger partial charge on any atom is -0.458 e. The summed E-state index contributed by atoms with van der Waals surface area (Å²) < 4.78 is 17.7. The van der Waals surface area contributed by atoms with Crippen molar-refractivity contribution >= 4 is 11.6 Å². The predicted octanol–water partition coefficient (Wildman–Crippen LogP) is 4.62. The molecule has 0 saturated heterocycles. The molecule has 4 heteroatoms. The molecule has 3 nitrogen and oxygen atoms in total. The fourth-order valence-electron chi connectivity index (χ4n) is 2.87. The van der Waals surface area contributed by atoms with Crippen molar-refractivity contribution in [2.45, 2.75) is 25.2 Å². The molecule has 0 fully saturated rings. The number of rotatable bonds is 3. The van der Waals surface area contributed by atoms with E-state index in [9.17, 15) is 0 Å². The monoisotopic (exact) mass is 318 g/mol. The third-order valence-corrected chi connectivity index (χ3v) is 4.39. The van der Waals surface area contributed by atoms with Crippen LogP contribution >= 0.6 is 11.6 Å². The van der Waals surface area contributed by atoms with Gasteiger partial charge in [0, 0.05) is 36.8 Å². The van der Waals surface area contributed by atoms with Gasteiger partial charge in [0.05, 0.1) is 6.10 Å². The van der Waals surface area contributed by atoms with Gasteiger partial charge < -0.3 is 14.2 Å². The van der Waals surface area contributed by atoms with E-state index in [4.69, 9.17) is 25.8 Å². The summed E-state index contributed by atoms with van der Waals surface area (Å²) in [6.45, 7) is 2.06. The first-order chi connectivity index (χ1) is 10.6. The molecule has 2 atom stereocenters. The van der Waals surface area contributed by atoms with Gasteiger partial charge in [-0.1, -0.05) is 41.4 Å². The Labute approximate surface area is 135 Å². The van der Waals surface area contributed by atoms with Crippen LogP contribution in [0.5, 0.6) is 5.75 Å². The second-order valence-corrected chi connectivity index (χ2v) is 5.97. The van der Waals surface area contributed by atoms with Crippen LogP contribution in [0.1, 0.15) is 29.2 Å². The Bertz CT molecular complexity index is 669. The normalized spacial score (nSPS) is 23.7. The minimum atomic E-state index is -0.852. The van der Waals surface area contributed by atoms with Crippen molar-refractivity contribution in [2.75, 3.05) is 14.2 Å². The van der Waals surface area contributed by atoms with Crippen molar-refractivity contribution in [3.63, 3.8) is 0 Å². The SMILES string of the molecule is COC1CC(OC)(c2ccc(C)cc2)Oc2ccc(Cl)cc21. The van der Waals surface area contributed by atoms with Gasteiger partial charge >= 0.3 is 0 Å². The number of halogens is 1. The molecule has 0 aliphatic carbocycles. The van der Waals surface area contributed by atoms with Crippen LogP contribution < -0.4 is 4.74 Å². The van der Waals surface area contributed by atoms with E-state index in [2.05, 4.69) is 19.1 Å². The van der Waals surface area contributed by atoms with Crippen LogP contribution in [0.4, 0.5) is 0 Å². The van der Waals surface area contributed by atoms with Crippen LogP contribution in [0.3, 0.4) is 0 Å². The second kappa shape index (κ2) is 5.92. The van der Waals surface area contributed by atoms with E-state index in [1.807, 2.05) is 30.3 Å². The lowest BCUT2D eigenvalue weighted by molar-refractivity contribution is -0.206. The van der Waals surface area contributed by atoms with Crippen LogP contribution in [0.25, 0.3) is 0 Å². The highest BCUT2D eigenvalue weighted by atomic mass is 35.5. The van der Waals surface area contributed by atoms with E-state index < -0.39 is 5.79 Å². The first kappa shape index (κ1) is 15.3. The molecule has 0 bridgehead atoms. The van der Waals surface area contributed by atoms with Crippen LogP contribution in [0, 0.1) is 6.92 Å². The van der Waals surface area contributed by atoms with E-state index in [-0.39, 0.29) is 6.10 Å². The Morgan fingerprint density at radius 3 is 2.50 bits per heavy atom. The first-order valence-electron chi connectivity index (χ1n) is 7.21. The van der Waals surface area contributed by atoms with Gasteiger partial charge in [0.2, 0.25) is 5.79 Å². The quantitative estimate of drug-likeness (QED) is 0.826. The maximum Gasteiger partial charge on any atom is 0.239 e. The van der Waals surface area contributed by atoms with Crippen molar-refractivity contribution in [2.24, 2.45) is 0 Å². The van der Waals surface area contributed by atoms with Crippen molar-refractivity contribution in [3.8, 4) is 5.75 Å². The molecule has 1 aliphatic heterocycles. The van der Waals surface area contributed by atoms with Crippen LogP contribution in [-0.4, -0.2) is 14.2 Å². The lowest BCUT2D eigenvalue weighted by atomic mass is 9.91. The van der Waals surface area contributed by atoms with E-state index in [0.717, 1.165) is 16.9 Å². The van der Waals surface area contributed by atoms with Crippen molar-refractivity contribution in [1.82, 2.24) is 0 Å². The van der Waals surface area contributed by atoms with Gasteiger partial charge in [-0.3, -0.25) is 0 Å². The maximum absolute atomic E-state index is 6.22. The molecule has 22 heavy (non-hydrogen) atoms. The molecule has 1 heterocycles. The molecule has 2 aromatic carbocycles. The molecule has 0 N–H and O–H groups in total. The van der Waals surface area contributed by atoms with E-state index >= 15 is 0 Å². The standard InChI is InChI=1S/C18H19ClO3/c1-12-4-6-13(7-5-12)18(21-3)11-17(20-2)15-10-14(19)8-9-16(15)22-18/h4-10,17H,11H2,1-3H3. The third-order valence-electron chi connectivity index (χ3n) is 4.15. The van der Waals surface area contributed by atoms with E-state index in [0.29, 0.717) is 11.4 Å². The van der Waals surface area contributed by atoms with Crippen molar-refractivity contribution in [1.29, 1.82) is 0 Å². The summed E-state index contributed by atoms with van der Waals surface area (Å²) >= 11 is 6.10. The second-order valence-electron chi connectivity index (χ2n) is 5.54. The predicted molar refractivity (Wildman–Crippen MR) is 86.3 cm³/mol. The molecule has 1 aliphatic rings. The molecule has 0 aromatic heterocycles. The van der Waals surface area contributed by atoms with Gasteiger partial charge in [-0.2, -0.15) is 0 Å². The lowest BCUT2D eigenvalue weighted by Gasteiger charge is -2.40. The molecule has 0 radical (unpaired) electrons. The minimum absolute atomic E-state index is 0.135. The fraction of sp³-hybridized carbons (Fsp3) is 0.333. The largest absolute Gasteiger partial charge is 0.458 e. The summed E-state index contributed by atoms with van der Waals surface area (Å²) in [6.07, 6.45) is 0.430. The Kier molecular flexibility index (Phi) is 4.13. The van der Waals surface area contributed by atoms with Gasteiger partial charge in [-0.05, 0) is 25.1 Å². The summed E-state index contributed by atoms with van der Waals surface area (Å²) in [4.78, 5) is 0. The molecule has 0 spiro atoms. The van der Waals surface area contributed by atoms with Crippen LogP contribution in [0.2, 0.25) is 5.02 Å². The Morgan fingerprint density at radius 1 is 1.14 bits per heavy atom. The number of hydrogen-bond donors (Lipinski definition) is 0. The maximum atomic E-state index is 6.22. The summed E-state index contributed by atoms with van der Waals surface area (Å²) in [6, 6.07) is 13.7. The summed E-state index contributed by atoms with van der Waals surface area (Å²) in [5.74, 6) is -0.111. The van der Waals surface area contributed by atoms with Gasteiger partial charge in [-0.25, -0.2) is 0 Å². The van der Waals surface area contributed by atoms with E-state index in [1.165, 1.54) is 5.56 Å². The van der Waals surface area contributed by atoms with Crippen molar-refractivity contribution in [3.05, 3.63) is 64.2 Å². The zero-order valence-corrected chi connectivity index (χ0v) is 13.7. The van der Waals surface area contributed by atoms with E-state index in [1.54, 1.807) is 14.2 Å². The number of aryl methyl sites for hydroxylation is 1. The third kappa shape index (κ3) is 2.60. The van der Waals surface area contributed by atoms with Gasteiger partial charge in [0.15, 0.2) is 0 Å². The number of methoxy groups -OCH3 is 2. The smallest absolute Gasteiger partial charge is 0.239 e. The zero-order valence-electron chi connectivity index (χ0n) is 12.9. The highest BCUT2D eigenvalue weighted by Crippen LogP contribution is 2.47. The molecule has 116 valence electrons. The Hall–Kier alpha value is -1.55. The topological polar surface area (TPSA) is 27.7 Å². The number of benzene rings is 2. The summed E-state index contributed by atoms with van der Waals surface area (Å²) in [7, 11) is 3.35. The summed E-state index contributed by atoms with van der Waals surface area (Å²) in [5.41, 5.74) is 3.12. The van der Waals surface area contributed by atoms with Crippen LogP contribution in [0.15, 0.2) is 42.5 Å². The molecular weight excluding hydrogens is 300 g/mol.